The summed E-state index contributed by atoms with van der Waals surface area (Å²) in [6, 6.07) is 5.39. The summed E-state index contributed by atoms with van der Waals surface area (Å²) in [4.78, 5) is 12.2. The Morgan fingerprint density at radius 2 is 2.15 bits per heavy atom. The van der Waals surface area contributed by atoms with Gasteiger partial charge in [0.05, 0.1) is 10.2 Å². The van der Waals surface area contributed by atoms with Crippen LogP contribution < -0.4 is 5.32 Å². The van der Waals surface area contributed by atoms with Crippen LogP contribution in [0.5, 0.6) is 0 Å². The third-order valence-corrected chi connectivity index (χ3v) is 4.16. The third kappa shape index (κ3) is 3.04. The van der Waals surface area contributed by atoms with E-state index in [4.69, 9.17) is 11.6 Å². The van der Waals surface area contributed by atoms with Crippen LogP contribution in [0.4, 0.5) is 5.69 Å². The highest BCUT2D eigenvalue weighted by Crippen LogP contribution is 2.26. The number of hydrogen-bond donors (Lipinski definition) is 2. The summed E-state index contributed by atoms with van der Waals surface area (Å²) in [6.45, 7) is 5.96. The van der Waals surface area contributed by atoms with E-state index in [-0.39, 0.29) is 11.8 Å². The summed E-state index contributed by atoms with van der Waals surface area (Å²) < 4.78 is 0.697. The monoisotopic (exact) mass is 355 g/mol. The maximum atomic E-state index is 12.2. The average molecular weight is 357 g/mol. The van der Waals surface area contributed by atoms with Crippen LogP contribution in [0.1, 0.15) is 41.5 Å². The van der Waals surface area contributed by atoms with Crippen LogP contribution in [-0.4, -0.2) is 16.1 Å². The molecule has 20 heavy (non-hydrogen) atoms. The van der Waals surface area contributed by atoms with E-state index in [2.05, 4.69) is 31.4 Å². The van der Waals surface area contributed by atoms with Crippen LogP contribution in [0, 0.1) is 6.92 Å². The lowest BCUT2D eigenvalue weighted by molar-refractivity contribution is 0.102. The van der Waals surface area contributed by atoms with Gasteiger partial charge in [-0.25, -0.2) is 0 Å². The lowest BCUT2D eigenvalue weighted by Crippen LogP contribution is -2.13. The minimum absolute atomic E-state index is 0.257. The molecular weight excluding hydrogens is 342 g/mol. The first-order valence-electron chi connectivity index (χ1n) is 6.21. The van der Waals surface area contributed by atoms with E-state index in [0.717, 1.165) is 11.3 Å². The third-order valence-electron chi connectivity index (χ3n) is 2.95. The van der Waals surface area contributed by atoms with E-state index in [1.165, 1.54) is 0 Å². The first-order valence-corrected chi connectivity index (χ1v) is 7.38. The van der Waals surface area contributed by atoms with Gasteiger partial charge in [0.15, 0.2) is 5.69 Å². The quantitative estimate of drug-likeness (QED) is 0.850. The summed E-state index contributed by atoms with van der Waals surface area (Å²) in [6.07, 6.45) is 0. The lowest BCUT2D eigenvalue weighted by Gasteiger charge is -2.06. The lowest BCUT2D eigenvalue weighted by atomic mass is 10.1. The minimum Gasteiger partial charge on any atom is -0.321 e. The molecule has 0 radical (unpaired) electrons. The van der Waals surface area contributed by atoms with Crippen molar-refractivity contribution in [3.63, 3.8) is 0 Å². The molecule has 0 bridgehead atoms. The van der Waals surface area contributed by atoms with Crippen LogP contribution >= 0.6 is 27.5 Å². The molecule has 0 aliphatic heterocycles. The molecule has 1 aromatic heterocycles. The van der Waals surface area contributed by atoms with Crippen molar-refractivity contribution in [2.45, 2.75) is 26.7 Å². The maximum absolute atomic E-state index is 12.2. The van der Waals surface area contributed by atoms with Crippen molar-refractivity contribution in [3.05, 3.63) is 44.6 Å². The smallest absolute Gasteiger partial charge is 0.277 e. The fourth-order valence-electron chi connectivity index (χ4n) is 1.74. The molecule has 1 aromatic carbocycles. The van der Waals surface area contributed by atoms with E-state index < -0.39 is 0 Å². The average Bonchev–Trinajstić information content (AvgIpc) is 2.76. The van der Waals surface area contributed by atoms with Crippen molar-refractivity contribution in [1.82, 2.24) is 10.2 Å². The van der Waals surface area contributed by atoms with E-state index in [0.29, 0.717) is 20.9 Å². The Kier molecular flexibility index (Phi) is 4.50. The van der Waals surface area contributed by atoms with Gasteiger partial charge in [0, 0.05) is 10.7 Å². The number of nitrogens with one attached hydrogen (secondary N) is 2. The molecule has 0 aliphatic rings. The number of benzene rings is 1. The second-order valence-corrected chi connectivity index (χ2v) is 6.07. The number of hydrogen-bond acceptors (Lipinski definition) is 2. The van der Waals surface area contributed by atoms with Gasteiger partial charge < -0.3 is 5.32 Å². The number of aryl methyl sites for hydroxylation is 1. The van der Waals surface area contributed by atoms with Crippen molar-refractivity contribution in [2.75, 3.05) is 5.32 Å². The molecule has 4 nitrogen and oxygen atoms in total. The number of aromatic nitrogens is 2. The number of rotatable bonds is 3. The molecule has 0 aliphatic carbocycles. The van der Waals surface area contributed by atoms with Crippen LogP contribution in [0.25, 0.3) is 0 Å². The summed E-state index contributed by atoms with van der Waals surface area (Å²) >= 11 is 9.45. The molecular formula is C14H15BrClN3O. The zero-order valence-corrected chi connectivity index (χ0v) is 13.8. The van der Waals surface area contributed by atoms with Gasteiger partial charge in [0.1, 0.15) is 0 Å². The van der Waals surface area contributed by atoms with Crippen molar-refractivity contribution < 1.29 is 4.79 Å². The molecule has 0 fully saturated rings. The maximum Gasteiger partial charge on any atom is 0.277 e. The predicted octanol–water partition coefficient (Wildman–Crippen LogP) is 4.51. The van der Waals surface area contributed by atoms with Gasteiger partial charge in [-0.15, -0.1) is 0 Å². The van der Waals surface area contributed by atoms with Crippen LogP contribution in [0.3, 0.4) is 0 Å². The summed E-state index contributed by atoms with van der Waals surface area (Å²) in [5.41, 5.74) is 2.85. The molecule has 0 saturated heterocycles. The highest BCUT2D eigenvalue weighted by atomic mass is 79.9. The second kappa shape index (κ2) is 5.97. The first-order chi connectivity index (χ1) is 9.40. The number of carbonyl (C=O) groups excluding carboxylic acids is 1. The summed E-state index contributed by atoms with van der Waals surface area (Å²) in [7, 11) is 0. The number of nitrogens with zero attached hydrogens (tertiary/aromatic N) is 1. The highest BCUT2D eigenvalue weighted by Gasteiger charge is 2.19. The number of H-pyrrole nitrogens is 1. The van der Waals surface area contributed by atoms with Gasteiger partial charge in [0.25, 0.3) is 5.91 Å². The van der Waals surface area contributed by atoms with Gasteiger partial charge >= 0.3 is 0 Å². The van der Waals surface area contributed by atoms with Crippen molar-refractivity contribution >= 4 is 39.1 Å². The fraction of sp³-hybridized carbons (Fsp3) is 0.286. The molecule has 106 valence electrons. The number of anilines is 1. The molecule has 2 N–H and O–H groups in total. The van der Waals surface area contributed by atoms with E-state index in [1.807, 2.05) is 32.9 Å². The topological polar surface area (TPSA) is 57.8 Å². The molecule has 2 rings (SSSR count). The van der Waals surface area contributed by atoms with Crippen molar-refractivity contribution in [3.8, 4) is 0 Å². The fourth-order valence-corrected chi connectivity index (χ4v) is 2.73. The Morgan fingerprint density at radius 1 is 1.45 bits per heavy atom. The van der Waals surface area contributed by atoms with Crippen molar-refractivity contribution in [2.24, 2.45) is 0 Å². The Labute approximate surface area is 131 Å². The Hall–Kier alpha value is -1.33. The van der Waals surface area contributed by atoms with Gasteiger partial charge in [-0.1, -0.05) is 31.5 Å². The number of aromatic amines is 1. The predicted molar refractivity (Wildman–Crippen MR) is 84.5 cm³/mol. The summed E-state index contributed by atoms with van der Waals surface area (Å²) in [5, 5.41) is 10.3. The zero-order chi connectivity index (χ0) is 14.9. The van der Waals surface area contributed by atoms with Gasteiger partial charge in [-0.3, -0.25) is 9.89 Å². The Morgan fingerprint density at radius 3 is 2.70 bits per heavy atom. The molecule has 1 heterocycles. The van der Waals surface area contributed by atoms with Gasteiger partial charge in [-0.2, -0.15) is 5.10 Å². The summed E-state index contributed by atoms with van der Waals surface area (Å²) in [5.74, 6) is -0.0211. The number of carbonyl (C=O) groups is 1. The van der Waals surface area contributed by atoms with E-state index in [9.17, 15) is 4.79 Å². The van der Waals surface area contributed by atoms with E-state index in [1.54, 1.807) is 6.07 Å². The molecule has 6 heteroatoms. The van der Waals surface area contributed by atoms with E-state index >= 15 is 0 Å². The Balaban J connectivity index is 2.22. The minimum atomic E-state index is -0.278. The standard InChI is InChI=1S/C14H15BrClN3O/c1-7(2)12-11(15)13(19-18-12)14(20)17-9-5-4-8(3)10(16)6-9/h4-7H,1-3H3,(H,17,20)(H,18,19). The number of halogens is 2. The van der Waals surface area contributed by atoms with Gasteiger partial charge in [0.2, 0.25) is 0 Å². The first kappa shape index (κ1) is 15.1. The Bertz CT molecular complexity index is 652. The SMILES string of the molecule is Cc1ccc(NC(=O)c2n[nH]c(C(C)C)c2Br)cc1Cl. The zero-order valence-electron chi connectivity index (χ0n) is 11.4. The molecule has 2 aromatic rings. The normalized spacial score (nSPS) is 10.9. The molecule has 0 saturated carbocycles. The molecule has 0 spiro atoms. The largest absolute Gasteiger partial charge is 0.321 e. The van der Waals surface area contributed by atoms with Crippen molar-refractivity contribution in [1.29, 1.82) is 0 Å². The van der Waals surface area contributed by atoms with Gasteiger partial charge in [-0.05, 0) is 46.5 Å². The molecule has 0 unspecified atom stereocenters. The van der Waals surface area contributed by atoms with Crippen LogP contribution in [0.15, 0.2) is 22.7 Å². The number of amides is 1. The highest BCUT2D eigenvalue weighted by molar-refractivity contribution is 9.10. The molecule has 0 atom stereocenters. The second-order valence-electron chi connectivity index (χ2n) is 4.87. The molecule has 1 amide bonds. The van der Waals surface area contributed by atoms with Crippen LogP contribution in [0.2, 0.25) is 5.02 Å². The van der Waals surface area contributed by atoms with Crippen LogP contribution in [-0.2, 0) is 0 Å².